The van der Waals surface area contributed by atoms with Crippen LogP contribution in [-0.4, -0.2) is 40.1 Å². The van der Waals surface area contributed by atoms with Crippen LogP contribution in [0.15, 0.2) is 12.3 Å². The summed E-state index contributed by atoms with van der Waals surface area (Å²) in [6.07, 6.45) is 1.58. The van der Waals surface area contributed by atoms with Crippen molar-refractivity contribution < 1.29 is 9.90 Å². The van der Waals surface area contributed by atoms with Gasteiger partial charge in [0.05, 0.1) is 16.7 Å². The average molecular weight is 242 g/mol. The summed E-state index contributed by atoms with van der Waals surface area (Å²) >= 11 is 5.79. The maximum atomic E-state index is 11.9. The molecule has 0 radical (unpaired) electrons. The molecular weight excluding hydrogens is 230 g/mol. The highest BCUT2D eigenvalue weighted by Crippen LogP contribution is 2.19. The summed E-state index contributed by atoms with van der Waals surface area (Å²) in [5.74, 6) is 0.0330. The van der Waals surface area contributed by atoms with E-state index in [2.05, 4.69) is 4.98 Å². The highest BCUT2D eigenvalue weighted by molar-refractivity contribution is 6.33. The van der Waals surface area contributed by atoms with Crippen LogP contribution in [0.5, 0.6) is 0 Å². The van der Waals surface area contributed by atoms with Gasteiger partial charge in [-0.15, -0.1) is 0 Å². The zero-order valence-corrected chi connectivity index (χ0v) is 9.31. The molecule has 2 heterocycles. The van der Waals surface area contributed by atoms with E-state index in [4.69, 9.17) is 17.3 Å². The van der Waals surface area contributed by atoms with Crippen molar-refractivity contribution in [1.29, 1.82) is 0 Å². The summed E-state index contributed by atoms with van der Waals surface area (Å²) in [5, 5.41) is 9.61. The van der Waals surface area contributed by atoms with Crippen LogP contribution < -0.4 is 5.73 Å². The van der Waals surface area contributed by atoms with Gasteiger partial charge in [-0.2, -0.15) is 0 Å². The molecule has 1 aliphatic heterocycles. The molecule has 1 atom stereocenters. The lowest BCUT2D eigenvalue weighted by Gasteiger charge is -2.15. The number of aromatic nitrogens is 1. The van der Waals surface area contributed by atoms with Crippen LogP contribution >= 0.6 is 11.6 Å². The number of hydrogen-bond donors (Lipinski definition) is 2. The van der Waals surface area contributed by atoms with Gasteiger partial charge in [-0.3, -0.25) is 4.79 Å². The minimum Gasteiger partial charge on any atom is -0.391 e. The molecule has 1 unspecified atom stereocenters. The number of likely N-dealkylation sites (tertiary alicyclic amines) is 1. The number of anilines is 1. The van der Waals surface area contributed by atoms with E-state index in [1.165, 1.54) is 12.3 Å². The summed E-state index contributed by atoms with van der Waals surface area (Å²) < 4.78 is 0. The molecule has 1 aliphatic rings. The maximum Gasteiger partial charge on any atom is 0.255 e. The van der Waals surface area contributed by atoms with E-state index in [0.717, 1.165) is 0 Å². The van der Waals surface area contributed by atoms with Crippen LogP contribution in [0.4, 0.5) is 5.82 Å². The number of aliphatic hydroxyl groups excluding tert-OH is 1. The Morgan fingerprint density at radius 1 is 1.69 bits per heavy atom. The molecule has 0 aliphatic carbocycles. The van der Waals surface area contributed by atoms with Gasteiger partial charge >= 0.3 is 0 Å². The number of pyridine rings is 1. The van der Waals surface area contributed by atoms with Gasteiger partial charge in [0.15, 0.2) is 0 Å². The van der Waals surface area contributed by atoms with E-state index in [1.54, 1.807) is 4.90 Å². The maximum absolute atomic E-state index is 11.9. The topological polar surface area (TPSA) is 79.5 Å². The molecule has 0 saturated carbocycles. The van der Waals surface area contributed by atoms with Crippen molar-refractivity contribution in [3.05, 3.63) is 22.8 Å². The third kappa shape index (κ3) is 2.10. The van der Waals surface area contributed by atoms with E-state index in [0.29, 0.717) is 25.1 Å². The number of aliphatic hydroxyl groups is 1. The summed E-state index contributed by atoms with van der Waals surface area (Å²) in [7, 11) is 0. The normalized spacial score (nSPS) is 20.1. The molecule has 5 nitrogen and oxygen atoms in total. The number of nitrogen functional groups attached to an aromatic ring is 1. The third-order valence-electron chi connectivity index (χ3n) is 2.57. The van der Waals surface area contributed by atoms with Crippen LogP contribution in [-0.2, 0) is 0 Å². The highest BCUT2D eigenvalue weighted by atomic mass is 35.5. The molecule has 0 bridgehead atoms. The Kier molecular flexibility index (Phi) is 2.98. The Balaban J connectivity index is 2.18. The number of amides is 1. The molecule has 1 amide bonds. The van der Waals surface area contributed by atoms with Crippen LogP contribution in [0.1, 0.15) is 16.8 Å². The number of carbonyl (C=O) groups is 1. The fourth-order valence-corrected chi connectivity index (χ4v) is 1.84. The minimum atomic E-state index is -0.429. The Morgan fingerprint density at radius 2 is 2.44 bits per heavy atom. The van der Waals surface area contributed by atoms with E-state index in [9.17, 15) is 9.90 Å². The predicted octanol–water partition coefficient (Wildman–Crippen LogP) is 0.524. The number of halogens is 1. The number of β-amino-alcohol motifs (C(OH)–C–C–N with tert-alkyl or cyclic N) is 1. The van der Waals surface area contributed by atoms with Crippen molar-refractivity contribution in [1.82, 2.24) is 9.88 Å². The molecule has 16 heavy (non-hydrogen) atoms. The van der Waals surface area contributed by atoms with Gasteiger partial charge in [-0.25, -0.2) is 4.98 Å². The SMILES string of the molecule is Nc1ncc(C(=O)N2CCC(O)C2)cc1Cl. The first-order valence-corrected chi connectivity index (χ1v) is 5.34. The zero-order chi connectivity index (χ0) is 11.7. The molecule has 1 fully saturated rings. The van der Waals surface area contributed by atoms with Crippen LogP contribution in [0.3, 0.4) is 0 Å². The number of rotatable bonds is 1. The lowest BCUT2D eigenvalue weighted by Crippen LogP contribution is -2.29. The van der Waals surface area contributed by atoms with Crippen LogP contribution in [0.2, 0.25) is 5.02 Å². The first-order valence-electron chi connectivity index (χ1n) is 4.96. The Labute approximate surface area is 97.8 Å². The molecule has 0 spiro atoms. The van der Waals surface area contributed by atoms with Gasteiger partial charge in [0, 0.05) is 19.3 Å². The molecule has 2 rings (SSSR count). The van der Waals surface area contributed by atoms with Gasteiger partial charge in [0.1, 0.15) is 5.82 Å². The Morgan fingerprint density at radius 3 is 3.00 bits per heavy atom. The largest absolute Gasteiger partial charge is 0.391 e. The predicted molar refractivity (Wildman–Crippen MR) is 60.2 cm³/mol. The van der Waals surface area contributed by atoms with Gasteiger partial charge in [0.25, 0.3) is 5.91 Å². The highest BCUT2D eigenvalue weighted by Gasteiger charge is 2.25. The average Bonchev–Trinajstić information content (AvgIpc) is 2.68. The van der Waals surface area contributed by atoms with Crippen molar-refractivity contribution in [2.24, 2.45) is 0 Å². The fourth-order valence-electron chi connectivity index (χ4n) is 1.67. The second-order valence-electron chi connectivity index (χ2n) is 3.78. The van der Waals surface area contributed by atoms with Crippen molar-refractivity contribution in [2.45, 2.75) is 12.5 Å². The molecule has 1 aromatic rings. The van der Waals surface area contributed by atoms with Crippen molar-refractivity contribution in [3.63, 3.8) is 0 Å². The Bertz CT molecular complexity index is 425. The first-order chi connectivity index (χ1) is 7.58. The molecule has 1 saturated heterocycles. The second kappa shape index (κ2) is 4.27. The molecule has 86 valence electrons. The van der Waals surface area contributed by atoms with E-state index in [-0.39, 0.29) is 16.7 Å². The zero-order valence-electron chi connectivity index (χ0n) is 8.56. The molecule has 3 N–H and O–H groups in total. The van der Waals surface area contributed by atoms with Gasteiger partial charge in [-0.05, 0) is 12.5 Å². The van der Waals surface area contributed by atoms with Gasteiger partial charge < -0.3 is 15.7 Å². The minimum absolute atomic E-state index is 0.175. The van der Waals surface area contributed by atoms with Gasteiger partial charge in [-0.1, -0.05) is 11.6 Å². The second-order valence-corrected chi connectivity index (χ2v) is 4.19. The van der Waals surface area contributed by atoms with Crippen molar-refractivity contribution in [3.8, 4) is 0 Å². The summed E-state index contributed by atoms with van der Waals surface area (Å²) in [6, 6.07) is 1.50. The summed E-state index contributed by atoms with van der Waals surface area (Å²) in [6.45, 7) is 0.919. The number of hydrogen-bond acceptors (Lipinski definition) is 4. The quantitative estimate of drug-likeness (QED) is 0.752. The smallest absolute Gasteiger partial charge is 0.255 e. The van der Waals surface area contributed by atoms with Crippen LogP contribution in [0.25, 0.3) is 0 Å². The fraction of sp³-hybridized carbons (Fsp3) is 0.400. The van der Waals surface area contributed by atoms with E-state index < -0.39 is 6.10 Å². The third-order valence-corrected chi connectivity index (χ3v) is 2.87. The van der Waals surface area contributed by atoms with Crippen molar-refractivity contribution >= 4 is 23.3 Å². The van der Waals surface area contributed by atoms with E-state index in [1.807, 2.05) is 0 Å². The van der Waals surface area contributed by atoms with Crippen molar-refractivity contribution in [2.75, 3.05) is 18.8 Å². The lowest BCUT2D eigenvalue weighted by atomic mass is 10.2. The number of carbonyl (C=O) groups excluding carboxylic acids is 1. The summed E-state index contributed by atoms with van der Waals surface area (Å²) in [4.78, 5) is 17.3. The molecular formula is C10H12ClN3O2. The molecule has 6 heteroatoms. The Hall–Kier alpha value is -1.33. The monoisotopic (exact) mass is 241 g/mol. The standard InChI is InChI=1S/C10H12ClN3O2/c11-8-3-6(4-13-9(8)12)10(16)14-2-1-7(15)5-14/h3-4,7,15H,1-2,5H2,(H2,12,13). The van der Waals surface area contributed by atoms with E-state index >= 15 is 0 Å². The van der Waals surface area contributed by atoms with Gasteiger partial charge in [0.2, 0.25) is 0 Å². The van der Waals surface area contributed by atoms with Crippen LogP contribution in [0, 0.1) is 0 Å². The number of nitrogens with two attached hydrogens (primary N) is 1. The lowest BCUT2D eigenvalue weighted by molar-refractivity contribution is 0.0764. The molecule has 0 aromatic carbocycles. The summed E-state index contributed by atoms with van der Waals surface area (Å²) in [5.41, 5.74) is 5.85. The number of nitrogens with zero attached hydrogens (tertiary/aromatic N) is 2. The first kappa shape index (κ1) is 11.2. The molecule has 1 aromatic heterocycles.